The molecule has 0 aromatic heterocycles. The van der Waals surface area contributed by atoms with Crippen LogP contribution in [0.15, 0.2) is 29.4 Å². The molecular formula is C17H22FN5O4S. The molecule has 28 heavy (non-hydrogen) atoms. The summed E-state index contributed by atoms with van der Waals surface area (Å²) in [5.41, 5.74) is 6.07. The third-order valence-electron chi connectivity index (χ3n) is 4.86. The number of hydrazone groups is 1. The number of benzene rings is 1. The second-order valence-electron chi connectivity index (χ2n) is 6.58. The van der Waals surface area contributed by atoms with Crippen LogP contribution in [0.3, 0.4) is 0 Å². The third kappa shape index (κ3) is 3.99. The molecule has 152 valence electrons. The van der Waals surface area contributed by atoms with Gasteiger partial charge in [-0.2, -0.15) is 9.41 Å². The van der Waals surface area contributed by atoms with E-state index in [0.717, 1.165) is 0 Å². The quantitative estimate of drug-likeness (QED) is 0.717. The first-order valence-electron chi connectivity index (χ1n) is 8.91. The van der Waals surface area contributed by atoms with Crippen molar-refractivity contribution in [3.8, 4) is 0 Å². The summed E-state index contributed by atoms with van der Waals surface area (Å²) in [5.74, 6) is -1.42. The zero-order chi connectivity index (χ0) is 20.5. The molecule has 1 unspecified atom stereocenters. The maximum atomic E-state index is 13.2. The van der Waals surface area contributed by atoms with Gasteiger partial charge in [0.25, 0.3) is 5.91 Å². The fourth-order valence-electron chi connectivity index (χ4n) is 3.23. The Morgan fingerprint density at radius 1 is 1.18 bits per heavy atom. The number of carbonyl (C=O) groups is 2. The summed E-state index contributed by atoms with van der Waals surface area (Å²) < 4.78 is 38.4. The summed E-state index contributed by atoms with van der Waals surface area (Å²) in [6.45, 7) is 2.50. The van der Waals surface area contributed by atoms with E-state index in [1.807, 2.05) is 0 Å². The largest absolute Gasteiger partial charge is 0.368 e. The molecule has 3 rings (SSSR count). The molecule has 2 N–H and O–H groups in total. The second-order valence-corrected chi connectivity index (χ2v) is 8.84. The van der Waals surface area contributed by atoms with Gasteiger partial charge in [0.15, 0.2) is 0 Å². The van der Waals surface area contributed by atoms with Crippen molar-refractivity contribution < 1.29 is 22.4 Å². The maximum absolute atomic E-state index is 13.2. The van der Waals surface area contributed by atoms with Crippen LogP contribution in [-0.2, 0) is 19.6 Å². The Labute approximate surface area is 162 Å². The van der Waals surface area contributed by atoms with Crippen molar-refractivity contribution >= 4 is 33.2 Å². The second kappa shape index (κ2) is 7.84. The van der Waals surface area contributed by atoms with E-state index in [1.165, 1.54) is 38.5 Å². The van der Waals surface area contributed by atoms with Crippen LogP contribution in [0.5, 0.6) is 0 Å². The highest BCUT2D eigenvalue weighted by atomic mass is 32.2. The molecule has 11 heteroatoms. The number of sulfonamides is 1. The van der Waals surface area contributed by atoms with Crippen molar-refractivity contribution in [1.29, 1.82) is 0 Å². The maximum Gasteiger partial charge on any atom is 0.270 e. The average Bonchev–Trinajstić information content (AvgIpc) is 3.14. The van der Waals surface area contributed by atoms with Gasteiger partial charge in [0.05, 0.1) is 11.4 Å². The summed E-state index contributed by atoms with van der Waals surface area (Å²) in [5, 5.41) is 5.58. The van der Waals surface area contributed by atoms with E-state index in [2.05, 4.69) is 5.10 Å². The molecule has 9 nitrogen and oxygen atoms in total. The lowest BCUT2D eigenvalue weighted by Crippen LogP contribution is -2.52. The Hall–Kier alpha value is -2.53. The SMILES string of the molecule is CCS(=O)(=O)N1CCN(C(=O)C2=NN(c3ccc(F)cc3)C(C(N)=O)C2)CC1. The molecule has 2 heterocycles. The predicted octanol–water partition coefficient (Wildman–Crippen LogP) is -0.260. The van der Waals surface area contributed by atoms with Gasteiger partial charge in [-0.3, -0.25) is 14.6 Å². The highest BCUT2D eigenvalue weighted by Crippen LogP contribution is 2.25. The molecule has 2 aliphatic rings. The number of hydrogen-bond acceptors (Lipinski definition) is 6. The summed E-state index contributed by atoms with van der Waals surface area (Å²) >= 11 is 0. The average molecular weight is 411 g/mol. The van der Waals surface area contributed by atoms with Crippen molar-refractivity contribution in [1.82, 2.24) is 9.21 Å². The van der Waals surface area contributed by atoms with Crippen molar-refractivity contribution in [2.75, 3.05) is 36.9 Å². The number of anilines is 1. The van der Waals surface area contributed by atoms with Crippen LogP contribution in [0.1, 0.15) is 13.3 Å². The first-order valence-corrected chi connectivity index (χ1v) is 10.5. The summed E-state index contributed by atoms with van der Waals surface area (Å²) in [6.07, 6.45) is 0.0407. The van der Waals surface area contributed by atoms with Crippen molar-refractivity contribution in [2.24, 2.45) is 10.8 Å². The van der Waals surface area contributed by atoms with Crippen molar-refractivity contribution in [2.45, 2.75) is 19.4 Å². The predicted molar refractivity (Wildman–Crippen MR) is 102 cm³/mol. The van der Waals surface area contributed by atoms with Gasteiger partial charge < -0.3 is 10.6 Å². The lowest BCUT2D eigenvalue weighted by Gasteiger charge is -2.33. The number of nitrogens with zero attached hydrogens (tertiary/aromatic N) is 4. The van der Waals surface area contributed by atoms with E-state index in [4.69, 9.17) is 5.73 Å². The molecule has 1 aromatic rings. The van der Waals surface area contributed by atoms with E-state index < -0.39 is 27.8 Å². The minimum atomic E-state index is -3.29. The Kier molecular flexibility index (Phi) is 5.66. The molecule has 0 spiro atoms. The third-order valence-corrected chi connectivity index (χ3v) is 6.74. The Morgan fingerprint density at radius 2 is 1.79 bits per heavy atom. The topological polar surface area (TPSA) is 116 Å². The number of piperazine rings is 1. The molecule has 1 fully saturated rings. The van der Waals surface area contributed by atoms with Gasteiger partial charge in [-0.15, -0.1) is 0 Å². The van der Waals surface area contributed by atoms with Crippen LogP contribution in [0, 0.1) is 5.82 Å². The number of amides is 2. The van der Waals surface area contributed by atoms with E-state index in [9.17, 15) is 22.4 Å². The van der Waals surface area contributed by atoms with Crippen LogP contribution in [0.4, 0.5) is 10.1 Å². The van der Waals surface area contributed by atoms with Gasteiger partial charge in [0.2, 0.25) is 15.9 Å². The number of primary amides is 1. The normalized spacial score (nSPS) is 20.9. The highest BCUT2D eigenvalue weighted by molar-refractivity contribution is 7.89. The van der Waals surface area contributed by atoms with Crippen LogP contribution < -0.4 is 10.7 Å². The van der Waals surface area contributed by atoms with Crippen molar-refractivity contribution in [3.63, 3.8) is 0 Å². The fourth-order valence-corrected chi connectivity index (χ4v) is 4.31. The minimum Gasteiger partial charge on any atom is -0.368 e. The van der Waals surface area contributed by atoms with Crippen molar-refractivity contribution in [3.05, 3.63) is 30.1 Å². The highest BCUT2D eigenvalue weighted by Gasteiger charge is 2.37. The van der Waals surface area contributed by atoms with Crippen LogP contribution in [-0.4, -0.2) is 73.1 Å². The molecule has 0 bridgehead atoms. The summed E-state index contributed by atoms with van der Waals surface area (Å²) in [7, 11) is -3.29. The Morgan fingerprint density at radius 3 is 2.32 bits per heavy atom. The smallest absolute Gasteiger partial charge is 0.270 e. The monoisotopic (exact) mass is 411 g/mol. The molecule has 0 saturated carbocycles. The molecule has 2 aliphatic heterocycles. The first kappa shape index (κ1) is 20.2. The van der Waals surface area contributed by atoms with Gasteiger partial charge in [-0.05, 0) is 31.2 Å². The van der Waals surface area contributed by atoms with Gasteiger partial charge in [-0.1, -0.05) is 0 Å². The van der Waals surface area contributed by atoms with E-state index >= 15 is 0 Å². The molecule has 0 aliphatic carbocycles. The number of nitrogens with two attached hydrogens (primary N) is 1. The van der Waals surface area contributed by atoms with Crippen LogP contribution in [0.2, 0.25) is 0 Å². The van der Waals surface area contributed by atoms with E-state index in [-0.39, 0.29) is 50.0 Å². The first-order chi connectivity index (χ1) is 13.2. The standard InChI is InChI=1S/C17H22FN5O4S/c1-2-28(26,27)22-9-7-21(8-10-22)17(25)14-11-15(16(19)24)23(20-14)13-5-3-12(18)4-6-13/h3-6,15H,2,7-11H2,1H3,(H2,19,24). The molecule has 1 saturated heterocycles. The Balaban J connectivity index is 1.74. The fraction of sp³-hybridized carbons (Fsp3) is 0.471. The number of carbonyl (C=O) groups excluding carboxylic acids is 2. The van der Waals surface area contributed by atoms with Gasteiger partial charge in [0, 0.05) is 32.6 Å². The number of hydrogen-bond donors (Lipinski definition) is 1. The lowest BCUT2D eigenvalue weighted by atomic mass is 10.1. The molecule has 1 aromatic carbocycles. The zero-order valence-electron chi connectivity index (χ0n) is 15.4. The number of halogens is 1. The van der Waals surface area contributed by atoms with Crippen LogP contribution >= 0.6 is 0 Å². The molecular weight excluding hydrogens is 389 g/mol. The van der Waals surface area contributed by atoms with Gasteiger partial charge >= 0.3 is 0 Å². The van der Waals surface area contributed by atoms with Gasteiger partial charge in [0.1, 0.15) is 17.6 Å². The molecule has 2 amide bonds. The minimum absolute atomic E-state index is 0.0145. The van der Waals surface area contributed by atoms with E-state index in [0.29, 0.717) is 5.69 Å². The summed E-state index contributed by atoms with van der Waals surface area (Å²) in [4.78, 5) is 26.2. The van der Waals surface area contributed by atoms with Crippen LogP contribution in [0.25, 0.3) is 0 Å². The van der Waals surface area contributed by atoms with Gasteiger partial charge in [-0.25, -0.2) is 12.8 Å². The number of rotatable bonds is 5. The van der Waals surface area contributed by atoms with E-state index in [1.54, 1.807) is 6.92 Å². The summed E-state index contributed by atoms with van der Waals surface area (Å²) in [6, 6.07) is 4.53. The molecule has 0 radical (unpaired) electrons. The Bertz CT molecular complexity index is 895. The zero-order valence-corrected chi connectivity index (χ0v) is 16.2. The lowest BCUT2D eigenvalue weighted by molar-refractivity contribution is -0.125. The molecule has 1 atom stereocenters.